The van der Waals surface area contributed by atoms with Crippen LogP contribution in [0.25, 0.3) is 21.9 Å². The van der Waals surface area contributed by atoms with Crippen LogP contribution in [0.15, 0.2) is 30.5 Å². The molecule has 1 saturated heterocycles. The first-order chi connectivity index (χ1) is 9.90. The predicted molar refractivity (Wildman–Crippen MR) is 80.5 cm³/mol. The van der Waals surface area contributed by atoms with Gasteiger partial charge in [0.05, 0.1) is 6.54 Å². The normalized spacial score (nSPS) is 17.0. The fourth-order valence-electron chi connectivity index (χ4n) is 3.06. The first-order valence-corrected chi connectivity index (χ1v) is 7.35. The Bertz CT molecular complexity index is 740. The van der Waals surface area contributed by atoms with Gasteiger partial charge in [-0.15, -0.1) is 0 Å². The summed E-state index contributed by atoms with van der Waals surface area (Å²) >= 11 is 0. The Kier molecular flexibility index (Phi) is 2.89. The van der Waals surface area contributed by atoms with Gasteiger partial charge in [0, 0.05) is 22.5 Å². The lowest BCUT2D eigenvalue weighted by atomic mass is 10.1. The number of para-hydroxylation sites is 1. The van der Waals surface area contributed by atoms with Crippen LogP contribution in [0.5, 0.6) is 0 Å². The lowest BCUT2D eigenvalue weighted by molar-refractivity contribution is 0.216. The Balaban J connectivity index is 1.69. The van der Waals surface area contributed by atoms with Crippen LogP contribution in [0, 0.1) is 0 Å². The minimum Gasteiger partial charge on any atom is -0.339 e. The van der Waals surface area contributed by atoms with Crippen molar-refractivity contribution in [2.45, 2.75) is 25.8 Å². The number of nitrogens with zero attached hydrogens (tertiary/aromatic N) is 3. The van der Waals surface area contributed by atoms with Gasteiger partial charge in [-0.05, 0) is 32.0 Å². The van der Waals surface area contributed by atoms with Crippen LogP contribution in [0.3, 0.4) is 0 Å². The largest absolute Gasteiger partial charge is 0.339 e. The summed E-state index contributed by atoms with van der Waals surface area (Å²) in [5.74, 6) is 0.922. The van der Waals surface area contributed by atoms with E-state index in [9.17, 15) is 0 Å². The summed E-state index contributed by atoms with van der Waals surface area (Å²) in [7, 11) is 0. The number of aromatic amines is 1. The summed E-state index contributed by atoms with van der Waals surface area (Å²) in [6.45, 7) is 3.22. The average molecular weight is 266 g/mol. The van der Waals surface area contributed by atoms with Crippen LogP contribution in [0.2, 0.25) is 0 Å². The van der Waals surface area contributed by atoms with E-state index in [1.165, 1.54) is 37.7 Å². The fourth-order valence-corrected chi connectivity index (χ4v) is 3.06. The zero-order valence-corrected chi connectivity index (χ0v) is 11.5. The second kappa shape index (κ2) is 4.87. The summed E-state index contributed by atoms with van der Waals surface area (Å²) in [5, 5.41) is 2.31. The molecule has 1 aliphatic heterocycles. The number of nitrogens with one attached hydrogen (secondary N) is 1. The summed E-state index contributed by atoms with van der Waals surface area (Å²) in [6, 6.07) is 8.29. The van der Waals surface area contributed by atoms with Gasteiger partial charge in [0.25, 0.3) is 0 Å². The van der Waals surface area contributed by atoms with Crippen molar-refractivity contribution in [1.29, 1.82) is 0 Å². The van der Waals surface area contributed by atoms with E-state index >= 15 is 0 Å². The SMILES string of the molecule is c1ccc2c(c1)[nH]c1nc(CN3CCCCC3)ncc12. The van der Waals surface area contributed by atoms with Gasteiger partial charge in [0.1, 0.15) is 11.5 Å². The maximum Gasteiger partial charge on any atom is 0.144 e. The highest BCUT2D eigenvalue weighted by atomic mass is 15.1. The quantitative estimate of drug-likeness (QED) is 0.775. The number of H-pyrrole nitrogens is 1. The van der Waals surface area contributed by atoms with Gasteiger partial charge in [-0.3, -0.25) is 4.90 Å². The summed E-state index contributed by atoms with van der Waals surface area (Å²) in [6.07, 6.45) is 5.92. The van der Waals surface area contributed by atoms with Gasteiger partial charge in [-0.25, -0.2) is 9.97 Å². The number of piperidine rings is 1. The number of benzene rings is 1. The molecule has 1 aliphatic rings. The van der Waals surface area contributed by atoms with E-state index in [4.69, 9.17) is 4.98 Å². The third-order valence-electron chi connectivity index (χ3n) is 4.12. The molecular formula is C16H18N4. The molecular weight excluding hydrogens is 248 g/mol. The molecule has 4 nitrogen and oxygen atoms in total. The minimum atomic E-state index is 0.866. The Morgan fingerprint density at radius 3 is 2.80 bits per heavy atom. The molecule has 1 N–H and O–H groups in total. The van der Waals surface area contributed by atoms with E-state index in [0.29, 0.717) is 0 Å². The van der Waals surface area contributed by atoms with Crippen LogP contribution in [0.4, 0.5) is 0 Å². The first-order valence-electron chi connectivity index (χ1n) is 7.35. The number of rotatable bonds is 2. The molecule has 102 valence electrons. The summed E-state index contributed by atoms with van der Waals surface area (Å²) in [5.41, 5.74) is 2.08. The molecule has 1 fully saturated rings. The van der Waals surface area contributed by atoms with Crippen molar-refractivity contribution >= 4 is 21.9 Å². The second-order valence-electron chi connectivity index (χ2n) is 5.56. The fraction of sp³-hybridized carbons (Fsp3) is 0.375. The van der Waals surface area contributed by atoms with Crippen LogP contribution in [0.1, 0.15) is 25.1 Å². The molecule has 1 aromatic carbocycles. The standard InChI is InChI=1S/C16H18N4/c1-4-8-20(9-5-1)11-15-17-10-13-12-6-2-3-7-14(12)18-16(13)19-15/h2-3,6-7,10H,1,4-5,8-9,11H2,(H,17,18,19). The molecule has 4 heteroatoms. The lowest BCUT2D eigenvalue weighted by Gasteiger charge is -2.25. The van der Waals surface area contributed by atoms with Gasteiger partial charge in [0.2, 0.25) is 0 Å². The molecule has 0 atom stereocenters. The average Bonchev–Trinajstić information content (AvgIpc) is 2.86. The minimum absolute atomic E-state index is 0.866. The third kappa shape index (κ3) is 2.06. The lowest BCUT2D eigenvalue weighted by Crippen LogP contribution is -2.29. The highest BCUT2D eigenvalue weighted by Gasteiger charge is 2.13. The molecule has 0 radical (unpaired) electrons. The van der Waals surface area contributed by atoms with Gasteiger partial charge in [-0.1, -0.05) is 24.6 Å². The van der Waals surface area contributed by atoms with E-state index < -0.39 is 0 Å². The Morgan fingerprint density at radius 1 is 1.05 bits per heavy atom. The van der Waals surface area contributed by atoms with E-state index in [1.54, 1.807) is 0 Å². The molecule has 3 aromatic rings. The zero-order valence-electron chi connectivity index (χ0n) is 11.5. The molecule has 0 aliphatic carbocycles. The maximum absolute atomic E-state index is 4.70. The van der Waals surface area contributed by atoms with Crippen molar-refractivity contribution in [3.8, 4) is 0 Å². The van der Waals surface area contributed by atoms with E-state index in [0.717, 1.165) is 28.9 Å². The monoisotopic (exact) mass is 266 g/mol. The molecule has 0 amide bonds. The summed E-state index contributed by atoms with van der Waals surface area (Å²) in [4.78, 5) is 15.1. The molecule has 3 heterocycles. The number of aromatic nitrogens is 3. The van der Waals surface area contributed by atoms with E-state index in [1.807, 2.05) is 12.3 Å². The number of likely N-dealkylation sites (tertiary alicyclic amines) is 1. The maximum atomic E-state index is 4.70. The molecule has 0 bridgehead atoms. The Morgan fingerprint density at radius 2 is 1.90 bits per heavy atom. The Labute approximate surface area is 117 Å². The predicted octanol–water partition coefficient (Wildman–Crippen LogP) is 3.10. The van der Waals surface area contributed by atoms with Crippen molar-refractivity contribution in [3.05, 3.63) is 36.3 Å². The van der Waals surface area contributed by atoms with Crippen LogP contribution >= 0.6 is 0 Å². The van der Waals surface area contributed by atoms with Crippen molar-refractivity contribution < 1.29 is 0 Å². The van der Waals surface area contributed by atoms with Crippen LogP contribution in [-0.2, 0) is 6.54 Å². The van der Waals surface area contributed by atoms with Crippen molar-refractivity contribution in [2.75, 3.05) is 13.1 Å². The van der Waals surface area contributed by atoms with Crippen molar-refractivity contribution in [2.24, 2.45) is 0 Å². The zero-order chi connectivity index (χ0) is 13.4. The van der Waals surface area contributed by atoms with E-state index in [2.05, 4.69) is 33.1 Å². The van der Waals surface area contributed by atoms with Crippen molar-refractivity contribution in [3.63, 3.8) is 0 Å². The topological polar surface area (TPSA) is 44.8 Å². The van der Waals surface area contributed by atoms with Gasteiger partial charge in [0.15, 0.2) is 0 Å². The van der Waals surface area contributed by atoms with E-state index in [-0.39, 0.29) is 0 Å². The Hall–Kier alpha value is -1.94. The second-order valence-corrected chi connectivity index (χ2v) is 5.56. The number of hydrogen-bond acceptors (Lipinski definition) is 3. The summed E-state index contributed by atoms with van der Waals surface area (Å²) < 4.78 is 0. The third-order valence-corrected chi connectivity index (χ3v) is 4.12. The van der Waals surface area contributed by atoms with Crippen LogP contribution < -0.4 is 0 Å². The number of hydrogen-bond donors (Lipinski definition) is 1. The van der Waals surface area contributed by atoms with Crippen molar-refractivity contribution in [1.82, 2.24) is 19.9 Å². The molecule has 0 spiro atoms. The van der Waals surface area contributed by atoms with Gasteiger partial charge >= 0.3 is 0 Å². The molecule has 20 heavy (non-hydrogen) atoms. The highest BCUT2D eigenvalue weighted by Crippen LogP contribution is 2.23. The van der Waals surface area contributed by atoms with Crippen LogP contribution in [-0.4, -0.2) is 32.9 Å². The van der Waals surface area contributed by atoms with Gasteiger partial charge < -0.3 is 4.98 Å². The molecule has 2 aromatic heterocycles. The molecule has 0 saturated carbocycles. The highest BCUT2D eigenvalue weighted by molar-refractivity contribution is 6.05. The number of fused-ring (bicyclic) bond motifs is 3. The molecule has 0 unspecified atom stereocenters. The first kappa shape index (κ1) is 11.9. The van der Waals surface area contributed by atoms with Gasteiger partial charge in [-0.2, -0.15) is 0 Å². The smallest absolute Gasteiger partial charge is 0.144 e. The molecule has 4 rings (SSSR count).